The molecule has 0 aliphatic rings. The third-order valence-electron chi connectivity index (χ3n) is 2.89. The molecule has 2 nitrogen and oxygen atoms in total. The molecule has 18 heavy (non-hydrogen) atoms. The van der Waals surface area contributed by atoms with E-state index in [2.05, 4.69) is 5.32 Å². The Hall–Kier alpha value is -1.87. The molecule has 2 N–H and O–H groups in total. The van der Waals surface area contributed by atoms with Crippen LogP contribution in [-0.4, -0.2) is 5.11 Å². The zero-order valence-electron chi connectivity index (χ0n) is 10.2. The average molecular weight is 245 g/mol. The van der Waals surface area contributed by atoms with Crippen molar-refractivity contribution in [2.24, 2.45) is 0 Å². The standard InChI is InChI=1S/C15H16FNO/c1-11(14-7-2-3-8-15(14)16)17-10-12-5-4-6-13(18)9-12/h2-9,11,17-18H,10H2,1H3. The van der Waals surface area contributed by atoms with Crippen molar-refractivity contribution in [1.29, 1.82) is 0 Å². The molecule has 2 aromatic rings. The van der Waals surface area contributed by atoms with E-state index in [1.807, 2.05) is 19.1 Å². The number of rotatable bonds is 4. The lowest BCUT2D eigenvalue weighted by atomic mass is 10.1. The number of hydrogen-bond donors (Lipinski definition) is 2. The van der Waals surface area contributed by atoms with Crippen molar-refractivity contribution < 1.29 is 9.50 Å². The van der Waals surface area contributed by atoms with Crippen LogP contribution in [-0.2, 0) is 6.54 Å². The number of benzene rings is 2. The van der Waals surface area contributed by atoms with E-state index in [-0.39, 0.29) is 17.6 Å². The van der Waals surface area contributed by atoms with Crippen molar-refractivity contribution in [3.05, 3.63) is 65.5 Å². The van der Waals surface area contributed by atoms with Gasteiger partial charge in [-0.2, -0.15) is 0 Å². The van der Waals surface area contributed by atoms with Gasteiger partial charge in [0.1, 0.15) is 11.6 Å². The molecule has 0 saturated heterocycles. The quantitative estimate of drug-likeness (QED) is 0.865. The van der Waals surface area contributed by atoms with Gasteiger partial charge in [-0.15, -0.1) is 0 Å². The lowest BCUT2D eigenvalue weighted by molar-refractivity contribution is 0.473. The summed E-state index contributed by atoms with van der Waals surface area (Å²) in [6.07, 6.45) is 0. The highest BCUT2D eigenvalue weighted by molar-refractivity contribution is 5.27. The topological polar surface area (TPSA) is 32.3 Å². The summed E-state index contributed by atoms with van der Waals surface area (Å²) in [4.78, 5) is 0. The van der Waals surface area contributed by atoms with E-state index < -0.39 is 0 Å². The van der Waals surface area contributed by atoms with Gasteiger partial charge in [-0.25, -0.2) is 4.39 Å². The van der Waals surface area contributed by atoms with Crippen LogP contribution in [0.3, 0.4) is 0 Å². The highest BCUT2D eigenvalue weighted by Gasteiger charge is 2.09. The van der Waals surface area contributed by atoms with E-state index in [1.54, 1.807) is 30.3 Å². The zero-order valence-corrected chi connectivity index (χ0v) is 10.2. The molecule has 3 heteroatoms. The second-order valence-corrected chi connectivity index (χ2v) is 4.29. The highest BCUT2D eigenvalue weighted by Crippen LogP contribution is 2.17. The van der Waals surface area contributed by atoms with Gasteiger partial charge < -0.3 is 10.4 Å². The van der Waals surface area contributed by atoms with Crippen molar-refractivity contribution in [2.45, 2.75) is 19.5 Å². The minimum absolute atomic E-state index is 0.0754. The number of halogens is 1. The molecular formula is C15H16FNO. The molecule has 0 spiro atoms. The fraction of sp³-hybridized carbons (Fsp3) is 0.200. The maximum atomic E-state index is 13.5. The Morgan fingerprint density at radius 2 is 1.94 bits per heavy atom. The van der Waals surface area contributed by atoms with Gasteiger partial charge in [-0.1, -0.05) is 30.3 Å². The number of phenols is 1. The summed E-state index contributed by atoms with van der Waals surface area (Å²) in [5.41, 5.74) is 1.62. The van der Waals surface area contributed by atoms with Crippen LogP contribution in [0, 0.1) is 5.82 Å². The predicted octanol–water partition coefficient (Wildman–Crippen LogP) is 3.38. The Morgan fingerprint density at radius 3 is 2.67 bits per heavy atom. The van der Waals surface area contributed by atoms with Crippen molar-refractivity contribution in [3.8, 4) is 5.75 Å². The Bertz CT molecular complexity index is 527. The Kier molecular flexibility index (Phi) is 3.95. The molecule has 0 aliphatic carbocycles. The van der Waals surface area contributed by atoms with E-state index in [4.69, 9.17) is 0 Å². The molecule has 0 bridgehead atoms. The molecule has 0 radical (unpaired) electrons. The Labute approximate surface area is 106 Å². The number of hydrogen-bond acceptors (Lipinski definition) is 2. The predicted molar refractivity (Wildman–Crippen MR) is 69.8 cm³/mol. The molecule has 0 aromatic heterocycles. The lowest BCUT2D eigenvalue weighted by Crippen LogP contribution is -2.19. The fourth-order valence-corrected chi connectivity index (χ4v) is 1.87. The first-order valence-electron chi connectivity index (χ1n) is 5.92. The van der Waals surface area contributed by atoms with Gasteiger partial charge in [-0.05, 0) is 30.7 Å². The van der Waals surface area contributed by atoms with Crippen LogP contribution >= 0.6 is 0 Å². The van der Waals surface area contributed by atoms with Gasteiger partial charge in [0.15, 0.2) is 0 Å². The van der Waals surface area contributed by atoms with Crippen molar-refractivity contribution in [2.75, 3.05) is 0 Å². The van der Waals surface area contributed by atoms with Crippen LogP contribution < -0.4 is 5.32 Å². The fourth-order valence-electron chi connectivity index (χ4n) is 1.87. The average Bonchev–Trinajstić information content (AvgIpc) is 2.37. The van der Waals surface area contributed by atoms with Gasteiger partial charge in [0.05, 0.1) is 0 Å². The van der Waals surface area contributed by atoms with E-state index in [0.29, 0.717) is 12.1 Å². The molecular weight excluding hydrogens is 229 g/mol. The summed E-state index contributed by atoms with van der Waals surface area (Å²) >= 11 is 0. The van der Waals surface area contributed by atoms with Crippen LogP contribution in [0.2, 0.25) is 0 Å². The van der Waals surface area contributed by atoms with E-state index >= 15 is 0 Å². The van der Waals surface area contributed by atoms with Gasteiger partial charge in [0, 0.05) is 18.2 Å². The highest BCUT2D eigenvalue weighted by atomic mass is 19.1. The molecule has 0 heterocycles. The van der Waals surface area contributed by atoms with Crippen LogP contribution in [0.1, 0.15) is 24.1 Å². The van der Waals surface area contributed by atoms with Crippen LogP contribution in [0.25, 0.3) is 0 Å². The monoisotopic (exact) mass is 245 g/mol. The van der Waals surface area contributed by atoms with Gasteiger partial charge in [0.25, 0.3) is 0 Å². The maximum absolute atomic E-state index is 13.5. The first-order chi connectivity index (χ1) is 8.66. The first kappa shape index (κ1) is 12.6. The second kappa shape index (κ2) is 5.65. The van der Waals surface area contributed by atoms with Gasteiger partial charge in [0.2, 0.25) is 0 Å². The van der Waals surface area contributed by atoms with Crippen molar-refractivity contribution in [1.82, 2.24) is 5.32 Å². The van der Waals surface area contributed by atoms with Crippen molar-refractivity contribution >= 4 is 0 Å². The molecule has 0 saturated carbocycles. The molecule has 2 aromatic carbocycles. The van der Waals surface area contributed by atoms with E-state index in [1.165, 1.54) is 6.07 Å². The smallest absolute Gasteiger partial charge is 0.127 e. The van der Waals surface area contributed by atoms with Gasteiger partial charge >= 0.3 is 0 Å². The summed E-state index contributed by atoms with van der Waals surface area (Å²) in [7, 11) is 0. The minimum Gasteiger partial charge on any atom is -0.508 e. The summed E-state index contributed by atoms with van der Waals surface area (Å²) in [5.74, 6) is 0.0428. The van der Waals surface area contributed by atoms with Crippen molar-refractivity contribution in [3.63, 3.8) is 0 Å². The Morgan fingerprint density at radius 1 is 1.17 bits per heavy atom. The van der Waals surface area contributed by atoms with E-state index in [9.17, 15) is 9.50 Å². The zero-order chi connectivity index (χ0) is 13.0. The van der Waals surface area contributed by atoms with E-state index in [0.717, 1.165) is 5.56 Å². The van der Waals surface area contributed by atoms with Crippen LogP contribution in [0.4, 0.5) is 4.39 Å². The molecule has 0 fully saturated rings. The second-order valence-electron chi connectivity index (χ2n) is 4.29. The minimum atomic E-state index is -0.201. The third-order valence-corrected chi connectivity index (χ3v) is 2.89. The summed E-state index contributed by atoms with van der Waals surface area (Å²) < 4.78 is 13.5. The number of aromatic hydroxyl groups is 1. The van der Waals surface area contributed by atoms with Crippen LogP contribution in [0.5, 0.6) is 5.75 Å². The summed E-state index contributed by atoms with van der Waals surface area (Å²) in [6, 6.07) is 13.7. The summed E-state index contributed by atoms with van der Waals surface area (Å²) in [6.45, 7) is 2.51. The molecule has 1 atom stereocenters. The summed E-state index contributed by atoms with van der Waals surface area (Å²) in [5, 5.41) is 12.6. The molecule has 0 amide bonds. The molecule has 1 unspecified atom stereocenters. The third kappa shape index (κ3) is 3.08. The van der Waals surface area contributed by atoms with Gasteiger partial charge in [-0.3, -0.25) is 0 Å². The van der Waals surface area contributed by atoms with Crippen LogP contribution in [0.15, 0.2) is 48.5 Å². The molecule has 2 rings (SSSR count). The SMILES string of the molecule is CC(NCc1cccc(O)c1)c1ccccc1F. The Balaban J connectivity index is 2.00. The largest absolute Gasteiger partial charge is 0.508 e. The first-order valence-corrected chi connectivity index (χ1v) is 5.92. The maximum Gasteiger partial charge on any atom is 0.127 e. The normalized spacial score (nSPS) is 12.3. The number of phenolic OH excluding ortho intramolecular Hbond substituents is 1. The number of nitrogens with one attached hydrogen (secondary N) is 1. The lowest BCUT2D eigenvalue weighted by Gasteiger charge is -2.15. The molecule has 0 aliphatic heterocycles. The molecule has 94 valence electrons.